The molecular weight excluding hydrogens is 312 g/mol. The van der Waals surface area contributed by atoms with Crippen LogP contribution < -0.4 is 10.6 Å². The molecule has 0 spiro atoms. The average Bonchev–Trinajstić information content (AvgIpc) is 3.20. The molecule has 0 saturated heterocycles. The molecule has 0 bridgehead atoms. The number of benzene rings is 1. The normalized spacial score (nSPS) is 11.3. The Morgan fingerprint density at radius 3 is 2.60 bits per heavy atom. The van der Waals surface area contributed by atoms with Crippen LogP contribution in [0.1, 0.15) is 11.3 Å². The first-order valence-electron chi connectivity index (χ1n) is 8.28. The molecule has 2 heterocycles. The molecule has 0 aliphatic carbocycles. The number of aromatic nitrogens is 3. The molecule has 25 heavy (non-hydrogen) atoms. The van der Waals surface area contributed by atoms with Gasteiger partial charge >= 0.3 is 0 Å². The van der Waals surface area contributed by atoms with Crippen LogP contribution in [0.25, 0.3) is 5.69 Å². The minimum absolute atomic E-state index is 0.711. The Labute approximate surface area is 147 Å². The molecule has 6 nitrogen and oxygen atoms in total. The third-order valence-electron chi connectivity index (χ3n) is 3.79. The first kappa shape index (κ1) is 16.7. The minimum Gasteiger partial charge on any atom is -0.356 e. The molecule has 3 aromatic rings. The summed E-state index contributed by atoms with van der Waals surface area (Å²) in [5, 5.41) is 10.9. The fourth-order valence-corrected chi connectivity index (χ4v) is 2.45. The van der Waals surface area contributed by atoms with Crippen molar-refractivity contribution in [3.05, 3.63) is 78.4 Å². The van der Waals surface area contributed by atoms with Crippen LogP contribution in [-0.2, 0) is 13.0 Å². The Morgan fingerprint density at radius 1 is 1.04 bits per heavy atom. The van der Waals surface area contributed by atoms with Gasteiger partial charge in [0.2, 0.25) is 0 Å². The Bertz CT molecular complexity index is 779. The van der Waals surface area contributed by atoms with E-state index in [1.165, 1.54) is 5.56 Å². The van der Waals surface area contributed by atoms with E-state index in [0.717, 1.165) is 30.3 Å². The SMILES string of the molecule is CN=C(NCCc1ccccn1)NCc1ccc(-n2cccn2)cc1. The predicted octanol–water partition coefficient (Wildman–Crippen LogP) is 2.17. The highest BCUT2D eigenvalue weighted by molar-refractivity contribution is 5.79. The Balaban J connectivity index is 1.46. The van der Waals surface area contributed by atoms with Crippen LogP contribution in [-0.4, -0.2) is 34.3 Å². The summed E-state index contributed by atoms with van der Waals surface area (Å²) in [4.78, 5) is 8.57. The lowest BCUT2D eigenvalue weighted by molar-refractivity contribution is 0.784. The number of hydrogen-bond donors (Lipinski definition) is 2. The van der Waals surface area contributed by atoms with Gasteiger partial charge in [-0.2, -0.15) is 5.10 Å². The van der Waals surface area contributed by atoms with Crippen molar-refractivity contribution >= 4 is 5.96 Å². The van der Waals surface area contributed by atoms with Crippen LogP contribution in [0.15, 0.2) is 72.1 Å². The smallest absolute Gasteiger partial charge is 0.191 e. The molecule has 0 amide bonds. The molecule has 0 fully saturated rings. The summed E-state index contributed by atoms with van der Waals surface area (Å²) in [5.41, 5.74) is 3.30. The van der Waals surface area contributed by atoms with Crippen molar-refractivity contribution in [2.24, 2.45) is 4.99 Å². The number of guanidine groups is 1. The fourth-order valence-electron chi connectivity index (χ4n) is 2.45. The molecule has 6 heteroatoms. The minimum atomic E-state index is 0.711. The van der Waals surface area contributed by atoms with Gasteiger partial charge in [-0.1, -0.05) is 18.2 Å². The lowest BCUT2D eigenvalue weighted by Crippen LogP contribution is -2.37. The first-order chi connectivity index (χ1) is 12.3. The summed E-state index contributed by atoms with van der Waals surface area (Å²) < 4.78 is 1.84. The zero-order valence-electron chi connectivity index (χ0n) is 14.3. The van der Waals surface area contributed by atoms with Crippen LogP contribution >= 0.6 is 0 Å². The van der Waals surface area contributed by atoms with Gasteiger partial charge in [-0.15, -0.1) is 0 Å². The van der Waals surface area contributed by atoms with Crippen LogP contribution in [0.3, 0.4) is 0 Å². The third-order valence-corrected chi connectivity index (χ3v) is 3.79. The second-order valence-corrected chi connectivity index (χ2v) is 5.54. The maximum atomic E-state index is 4.32. The lowest BCUT2D eigenvalue weighted by atomic mass is 10.2. The highest BCUT2D eigenvalue weighted by Gasteiger charge is 2.00. The van der Waals surface area contributed by atoms with Crippen molar-refractivity contribution < 1.29 is 0 Å². The summed E-state index contributed by atoms with van der Waals surface area (Å²) in [5.74, 6) is 0.784. The molecular formula is C19H22N6. The van der Waals surface area contributed by atoms with Gasteiger partial charge in [0.05, 0.1) is 5.69 Å². The molecule has 0 atom stereocenters. The van der Waals surface area contributed by atoms with Gasteiger partial charge in [-0.25, -0.2) is 4.68 Å². The highest BCUT2D eigenvalue weighted by atomic mass is 15.3. The maximum Gasteiger partial charge on any atom is 0.191 e. The van der Waals surface area contributed by atoms with Gasteiger partial charge in [-0.05, 0) is 35.9 Å². The summed E-state index contributed by atoms with van der Waals surface area (Å²) in [6.07, 6.45) is 6.38. The summed E-state index contributed by atoms with van der Waals surface area (Å²) in [6.45, 7) is 1.50. The van der Waals surface area contributed by atoms with Gasteiger partial charge in [0.1, 0.15) is 0 Å². The Hall–Kier alpha value is -3.15. The van der Waals surface area contributed by atoms with Crippen molar-refractivity contribution in [1.29, 1.82) is 0 Å². The topological polar surface area (TPSA) is 67.1 Å². The highest BCUT2D eigenvalue weighted by Crippen LogP contribution is 2.08. The van der Waals surface area contributed by atoms with E-state index in [1.54, 1.807) is 13.2 Å². The molecule has 2 N–H and O–H groups in total. The fraction of sp³-hybridized carbons (Fsp3) is 0.211. The van der Waals surface area contributed by atoms with E-state index in [1.807, 2.05) is 41.3 Å². The number of hydrogen-bond acceptors (Lipinski definition) is 3. The third kappa shape index (κ3) is 4.91. The van der Waals surface area contributed by atoms with Gasteiger partial charge in [-0.3, -0.25) is 9.98 Å². The molecule has 0 aliphatic rings. The lowest BCUT2D eigenvalue weighted by Gasteiger charge is -2.12. The van der Waals surface area contributed by atoms with Crippen LogP contribution in [0, 0.1) is 0 Å². The number of pyridine rings is 1. The monoisotopic (exact) mass is 334 g/mol. The van der Waals surface area contributed by atoms with Crippen molar-refractivity contribution in [1.82, 2.24) is 25.4 Å². The summed E-state index contributed by atoms with van der Waals surface area (Å²) >= 11 is 0. The van der Waals surface area contributed by atoms with Gasteiger partial charge < -0.3 is 10.6 Å². The molecule has 0 aliphatic heterocycles. The van der Waals surface area contributed by atoms with Gasteiger partial charge in [0, 0.05) is 50.8 Å². The van der Waals surface area contributed by atoms with E-state index < -0.39 is 0 Å². The summed E-state index contributed by atoms with van der Waals surface area (Å²) in [7, 11) is 1.77. The van der Waals surface area contributed by atoms with E-state index in [9.17, 15) is 0 Å². The van der Waals surface area contributed by atoms with Crippen molar-refractivity contribution in [2.45, 2.75) is 13.0 Å². The largest absolute Gasteiger partial charge is 0.356 e. The molecule has 0 unspecified atom stereocenters. The molecule has 3 rings (SSSR count). The van der Waals surface area contributed by atoms with Gasteiger partial charge in [0.25, 0.3) is 0 Å². The van der Waals surface area contributed by atoms with Crippen LogP contribution in [0.4, 0.5) is 0 Å². The zero-order chi connectivity index (χ0) is 17.3. The second-order valence-electron chi connectivity index (χ2n) is 5.54. The van der Waals surface area contributed by atoms with Crippen molar-refractivity contribution in [3.63, 3.8) is 0 Å². The number of nitrogens with zero attached hydrogens (tertiary/aromatic N) is 4. The number of aliphatic imine (C=N–C) groups is 1. The van der Waals surface area contributed by atoms with E-state index in [-0.39, 0.29) is 0 Å². The Kier molecular flexibility index (Phi) is 5.77. The molecule has 128 valence electrons. The van der Waals surface area contributed by atoms with Crippen LogP contribution in [0.5, 0.6) is 0 Å². The molecule has 2 aromatic heterocycles. The van der Waals surface area contributed by atoms with Gasteiger partial charge in [0.15, 0.2) is 5.96 Å². The first-order valence-corrected chi connectivity index (χ1v) is 8.28. The van der Waals surface area contributed by atoms with Crippen molar-refractivity contribution in [2.75, 3.05) is 13.6 Å². The van der Waals surface area contributed by atoms with Crippen LogP contribution in [0.2, 0.25) is 0 Å². The molecule has 0 radical (unpaired) electrons. The average molecular weight is 334 g/mol. The zero-order valence-corrected chi connectivity index (χ0v) is 14.3. The van der Waals surface area contributed by atoms with E-state index in [0.29, 0.717) is 6.54 Å². The standard InChI is InChI=1S/C19H22N6/c1-20-19(22-13-10-17-5-2-3-11-21-17)23-15-16-6-8-18(9-7-16)25-14-4-12-24-25/h2-9,11-12,14H,10,13,15H2,1H3,(H2,20,22,23). The molecule has 0 saturated carbocycles. The van der Waals surface area contributed by atoms with E-state index in [4.69, 9.17) is 0 Å². The maximum absolute atomic E-state index is 4.32. The second kappa shape index (κ2) is 8.63. The van der Waals surface area contributed by atoms with E-state index in [2.05, 4.69) is 50.0 Å². The molecule has 1 aromatic carbocycles. The number of nitrogens with one attached hydrogen (secondary N) is 2. The Morgan fingerprint density at radius 2 is 1.92 bits per heavy atom. The van der Waals surface area contributed by atoms with Crippen molar-refractivity contribution in [3.8, 4) is 5.69 Å². The number of rotatable bonds is 6. The summed E-state index contributed by atoms with van der Waals surface area (Å²) in [6, 6.07) is 16.2. The quantitative estimate of drug-likeness (QED) is 0.536. The van der Waals surface area contributed by atoms with E-state index >= 15 is 0 Å². The predicted molar refractivity (Wildman–Crippen MR) is 99.7 cm³/mol.